The molecule has 0 bridgehead atoms. The van der Waals surface area contributed by atoms with Gasteiger partial charge in [-0.05, 0) is 24.7 Å². The van der Waals surface area contributed by atoms with Crippen molar-refractivity contribution in [2.75, 3.05) is 16.8 Å². The minimum atomic E-state index is -2.82. The highest BCUT2D eigenvalue weighted by atomic mass is 35.5. The zero-order valence-electron chi connectivity index (χ0n) is 21.6. The topological polar surface area (TPSA) is 139 Å². The van der Waals surface area contributed by atoms with Crippen LogP contribution in [0.4, 0.5) is 20.4 Å². The number of aliphatic hydroxyl groups excluding tert-OH is 1. The summed E-state index contributed by atoms with van der Waals surface area (Å²) < 4.78 is 29.1. The molecule has 0 radical (unpaired) electrons. The number of alkyl halides is 2. The number of carbonyl (C=O) groups is 2. The Hall–Kier alpha value is -3.93. The van der Waals surface area contributed by atoms with Crippen LogP contribution in [-0.4, -0.2) is 53.2 Å². The van der Waals surface area contributed by atoms with Crippen LogP contribution in [0.15, 0.2) is 43.1 Å². The molecule has 41 heavy (non-hydrogen) atoms. The van der Waals surface area contributed by atoms with Crippen LogP contribution < -0.4 is 15.5 Å². The van der Waals surface area contributed by atoms with Crippen molar-refractivity contribution in [3.8, 4) is 11.3 Å². The minimum absolute atomic E-state index is 0.00135. The van der Waals surface area contributed by atoms with Crippen LogP contribution in [0.1, 0.15) is 59.5 Å². The predicted molar refractivity (Wildman–Crippen MR) is 150 cm³/mol. The molecule has 1 saturated heterocycles. The third-order valence-corrected chi connectivity index (χ3v) is 7.75. The summed E-state index contributed by atoms with van der Waals surface area (Å²) in [6.45, 7) is 1.85. The summed E-state index contributed by atoms with van der Waals surface area (Å²) in [5.41, 5.74) is 0.484. The van der Waals surface area contributed by atoms with Gasteiger partial charge < -0.3 is 10.4 Å². The summed E-state index contributed by atoms with van der Waals surface area (Å²) in [5, 5.41) is 17.2. The van der Waals surface area contributed by atoms with E-state index in [-0.39, 0.29) is 50.5 Å². The molecule has 4 aromatic rings. The molecule has 2 amide bonds. The Morgan fingerprint density at radius 1 is 1.20 bits per heavy atom. The van der Waals surface area contributed by atoms with E-state index < -0.39 is 18.9 Å². The zero-order valence-corrected chi connectivity index (χ0v) is 23.5. The lowest BCUT2D eigenvalue weighted by Crippen LogP contribution is -2.26. The molecule has 212 valence electrons. The second-order valence-corrected chi connectivity index (χ2v) is 10.2. The van der Waals surface area contributed by atoms with Crippen molar-refractivity contribution in [2.45, 2.75) is 38.8 Å². The molecule has 1 aliphatic heterocycles. The normalized spacial score (nSPS) is 14.1. The average molecular weight is 601 g/mol. The van der Waals surface area contributed by atoms with Gasteiger partial charge in [0.15, 0.2) is 5.69 Å². The third kappa shape index (κ3) is 5.79. The number of nitrogens with zero attached hydrogens (tertiary/aromatic N) is 7. The van der Waals surface area contributed by atoms with Crippen LogP contribution in [-0.2, 0) is 11.4 Å². The summed E-state index contributed by atoms with van der Waals surface area (Å²) in [5.74, 6) is -0.370. The molecule has 1 aliphatic rings. The Morgan fingerprint density at radius 3 is 2.61 bits per heavy atom. The first kappa shape index (κ1) is 28.6. The van der Waals surface area contributed by atoms with Gasteiger partial charge in [-0.2, -0.15) is 5.10 Å². The molecule has 2 atom stereocenters. The fraction of sp³-hybridized carbons (Fsp3) is 0.269. The van der Waals surface area contributed by atoms with E-state index in [0.29, 0.717) is 24.6 Å². The van der Waals surface area contributed by atoms with Crippen molar-refractivity contribution in [1.29, 1.82) is 0 Å². The van der Waals surface area contributed by atoms with Crippen molar-refractivity contribution in [3.05, 3.63) is 70.7 Å². The molecule has 4 heterocycles. The Kier molecular flexibility index (Phi) is 8.30. The van der Waals surface area contributed by atoms with Crippen LogP contribution in [0, 0.1) is 0 Å². The Bertz CT molecular complexity index is 1620. The van der Waals surface area contributed by atoms with E-state index in [1.54, 1.807) is 28.2 Å². The van der Waals surface area contributed by atoms with Crippen molar-refractivity contribution in [2.24, 2.45) is 0 Å². The van der Waals surface area contributed by atoms with Gasteiger partial charge in [0.1, 0.15) is 0 Å². The first-order valence-corrected chi connectivity index (χ1v) is 13.4. The van der Waals surface area contributed by atoms with Crippen LogP contribution in [0.2, 0.25) is 5.02 Å². The number of rotatable bonds is 8. The summed E-state index contributed by atoms with van der Waals surface area (Å²) in [6, 6.07) is 2.24. The van der Waals surface area contributed by atoms with Crippen molar-refractivity contribution in [3.63, 3.8) is 0 Å². The van der Waals surface area contributed by atoms with E-state index in [0.717, 1.165) is 12.0 Å². The smallest absolute Gasteiger partial charge is 0.276 e. The van der Waals surface area contributed by atoms with E-state index in [2.05, 4.69) is 39.6 Å². The summed E-state index contributed by atoms with van der Waals surface area (Å²) >= 11 is 6.16. The molecule has 0 aliphatic carbocycles. The lowest BCUT2D eigenvalue weighted by molar-refractivity contribution is -0.117. The zero-order chi connectivity index (χ0) is 29.3. The third-order valence-electron chi connectivity index (χ3n) is 6.64. The van der Waals surface area contributed by atoms with Crippen molar-refractivity contribution >= 4 is 49.6 Å². The molecule has 1 fully saturated rings. The van der Waals surface area contributed by atoms with E-state index in [9.17, 15) is 23.5 Å². The van der Waals surface area contributed by atoms with Crippen LogP contribution in [0.3, 0.4) is 0 Å². The van der Waals surface area contributed by atoms with Gasteiger partial charge in [-0.1, -0.05) is 17.7 Å². The number of nitrogens with one attached hydrogen (secondary N) is 1. The van der Waals surface area contributed by atoms with Gasteiger partial charge in [0.2, 0.25) is 11.9 Å². The highest BCUT2D eigenvalue weighted by molar-refractivity contribution is 7.28. The molecule has 0 saturated carbocycles. The van der Waals surface area contributed by atoms with Gasteiger partial charge >= 0.3 is 0 Å². The first-order valence-electron chi connectivity index (χ1n) is 12.5. The van der Waals surface area contributed by atoms with Gasteiger partial charge in [-0.3, -0.25) is 24.2 Å². The number of amides is 2. The minimum Gasteiger partial charge on any atom is -0.390 e. The molecule has 5 rings (SSSR count). The highest BCUT2D eigenvalue weighted by Crippen LogP contribution is 2.32. The lowest BCUT2D eigenvalue weighted by Gasteiger charge is -2.15. The lowest BCUT2D eigenvalue weighted by atomic mass is 10.0. The quantitative estimate of drug-likeness (QED) is 0.292. The number of hydrogen-bond donors (Lipinski definition) is 2. The molecule has 0 spiro atoms. The van der Waals surface area contributed by atoms with Crippen molar-refractivity contribution < 1.29 is 23.5 Å². The van der Waals surface area contributed by atoms with Gasteiger partial charge in [0.05, 0.1) is 42.1 Å². The number of aliphatic hydroxyl groups is 1. The predicted octanol–water partition coefficient (Wildman–Crippen LogP) is 3.70. The molecule has 2 N–H and O–H groups in total. The largest absolute Gasteiger partial charge is 0.390 e. The Labute approximate surface area is 240 Å². The monoisotopic (exact) mass is 600 g/mol. The van der Waals surface area contributed by atoms with Gasteiger partial charge in [-0.25, -0.2) is 23.7 Å². The number of aromatic nitrogens is 6. The number of hydrogen-bond acceptors (Lipinski definition) is 8. The van der Waals surface area contributed by atoms with E-state index in [4.69, 9.17) is 11.6 Å². The fourth-order valence-corrected chi connectivity index (χ4v) is 4.98. The Balaban J connectivity index is 1.37. The molecular formula is C26H24ClF2N8O3P. The Morgan fingerprint density at radius 2 is 1.95 bits per heavy atom. The van der Waals surface area contributed by atoms with Crippen molar-refractivity contribution in [1.82, 2.24) is 29.7 Å². The molecule has 1 aromatic carbocycles. The number of anilines is 2. The maximum Gasteiger partial charge on any atom is 0.276 e. The van der Waals surface area contributed by atoms with Gasteiger partial charge in [-0.15, -0.1) is 9.24 Å². The van der Waals surface area contributed by atoms with E-state index in [1.165, 1.54) is 24.5 Å². The maximum atomic E-state index is 13.8. The number of carbonyl (C=O) groups excluding carboxylic acids is 2. The van der Waals surface area contributed by atoms with Gasteiger partial charge in [0, 0.05) is 53.3 Å². The maximum absolute atomic E-state index is 13.8. The van der Waals surface area contributed by atoms with Crippen LogP contribution >= 0.6 is 20.8 Å². The summed E-state index contributed by atoms with van der Waals surface area (Å²) in [4.78, 5) is 43.7. The standard InChI is InChI=1S/C26H24ClF2N8O3P/c1-13(14-7-31-26(32-8-14)36-6-2-3-20(36)39)37-11-15(9-33-37)34-25(40)22-19(12-38)30-10-18(35-22)21-16(24(28)29)4-5-17(27)23(21)41/h4-5,7-11,13,24,38H,2-3,6,12,41H2,1H3,(H,34,40)/t13-/m0/s1. The number of halogens is 3. The second-order valence-electron chi connectivity index (χ2n) is 9.24. The summed E-state index contributed by atoms with van der Waals surface area (Å²) in [6.07, 6.45) is 5.89. The number of benzene rings is 1. The molecule has 11 nitrogen and oxygen atoms in total. The molecule has 3 aromatic heterocycles. The highest BCUT2D eigenvalue weighted by Gasteiger charge is 2.25. The molecule has 1 unspecified atom stereocenters. The first-order chi connectivity index (χ1) is 19.7. The van der Waals surface area contributed by atoms with Crippen LogP contribution in [0.5, 0.6) is 0 Å². The SMILES string of the molecule is C[C@@H](c1cnc(N2CCCC2=O)nc1)n1cc(NC(=O)c2nc(-c3c(C(F)F)ccc(Cl)c3P)cnc2CO)cn1. The van der Waals surface area contributed by atoms with Gasteiger partial charge in [0.25, 0.3) is 12.3 Å². The van der Waals surface area contributed by atoms with E-state index in [1.807, 2.05) is 6.92 Å². The second kappa shape index (κ2) is 11.9. The van der Waals surface area contributed by atoms with Crippen LogP contribution in [0.25, 0.3) is 11.3 Å². The van der Waals surface area contributed by atoms with E-state index >= 15 is 0 Å². The summed E-state index contributed by atoms with van der Waals surface area (Å²) in [7, 11) is 2.31. The average Bonchev–Trinajstić information content (AvgIpc) is 3.62. The fourth-order valence-electron chi connectivity index (χ4n) is 4.41. The molecular weight excluding hydrogens is 577 g/mol. The molecule has 15 heteroatoms.